The summed E-state index contributed by atoms with van der Waals surface area (Å²) in [5.74, 6) is 1.81. The van der Waals surface area contributed by atoms with Gasteiger partial charge < -0.3 is 20.4 Å². The average Bonchev–Trinajstić information content (AvgIpc) is 2.56. The summed E-state index contributed by atoms with van der Waals surface area (Å²) in [7, 11) is 4.30. The highest BCUT2D eigenvalue weighted by atomic mass is 15.3. The quantitative estimate of drug-likeness (QED) is 0.915. The fraction of sp³-hybridized carbons (Fsp3) is 0.750. The van der Waals surface area contributed by atoms with Gasteiger partial charge in [-0.15, -0.1) is 0 Å². The number of aromatic nitrogens is 2. The van der Waals surface area contributed by atoms with Crippen LogP contribution in [-0.2, 0) is 0 Å². The van der Waals surface area contributed by atoms with Gasteiger partial charge in [-0.3, -0.25) is 0 Å². The molecule has 122 valence electrons. The van der Waals surface area contributed by atoms with Gasteiger partial charge in [-0.25, -0.2) is 9.97 Å². The highest BCUT2D eigenvalue weighted by Gasteiger charge is 2.25. The minimum absolute atomic E-state index is 0.516. The van der Waals surface area contributed by atoms with Crippen LogP contribution in [0.4, 0.5) is 17.3 Å². The van der Waals surface area contributed by atoms with Crippen molar-refractivity contribution in [2.24, 2.45) is 0 Å². The average molecular weight is 304 g/mol. The first-order valence-corrected chi connectivity index (χ1v) is 8.43. The molecule has 2 fully saturated rings. The molecule has 2 N–H and O–H groups in total. The molecule has 0 aliphatic carbocycles. The number of anilines is 3. The third kappa shape index (κ3) is 3.11. The predicted molar refractivity (Wildman–Crippen MR) is 91.4 cm³/mol. The van der Waals surface area contributed by atoms with Gasteiger partial charge in [-0.05, 0) is 52.2 Å². The van der Waals surface area contributed by atoms with Crippen molar-refractivity contribution < 1.29 is 0 Å². The van der Waals surface area contributed by atoms with Crippen molar-refractivity contribution in [1.82, 2.24) is 14.9 Å². The normalized spacial score (nSPS) is 21.1. The molecule has 0 aromatic carbocycles. The molecule has 0 bridgehead atoms. The van der Waals surface area contributed by atoms with E-state index in [1.54, 1.807) is 6.33 Å². The van der Waals surface area contributed by atoms with E-state index in [1.165, 1.54) is 19.3 Å². The number of nitrogen functional groups attached to an aromatic ring is 1. The zero-order valence-electron chi connectivity index (χ0n) is 13.8. The van der Waals surface area contributed by atoms with Gasteiger partial charge >= 0.3 is 0 Å². The molecular formula is C16H28N6. The van der Waals surface area contributed by atoms with Crippen LogP contribution in [0.5, 0.6) is 0 Å². The summed E-state index contributed by atoms with van der Waals surface area (Å²) in [4.78, 5) is 15.9. The summed E-state index contributed by atoms with van der Waals surface area (Å²) in [5.41, 5.74) is 7.17. The molecule has 0 radical (unpaired) electrons. The van der Waals surface area contributed by atoms with Crippen LogP contribution in [0.1, 0.15) is 32.1 Å². The lowest BCUT2D eigenvalue weighted by atomic mass is 10.0. The van der Waals surface area contributed by atoms with Crippen LogP contribution in [0.3, 0.4) is 0 Å². The Morgan fingerprint density at radius 3 is 2.45 bits per heavy atom. The van der Waals surface area contributed by atoms with Gasteiger partial charge in [0, 0.05) is 26.2 Å². The summed E-state index contributed by atoms with van der Waals surface area (Å²) in [6.07, 6.45) is 7.75. The summed E-state index contributed by atoms with van der Waals surface area (Å²) < 4.78 is 0. The van der Waals surface area contributed by atoms with Crippen molar-refractivity contribution in [1.29, 1.82) is 0 Å². The van der Waals surface area contributed by atoms with Crippen molar-refractivity contribution in [3.05, 3.63) is 6.33 Å². The second-order valence-corrected chi connectivity index (χ2v) is 6.63. The highest BCUT2D eigenvalue weighted by Crippen LogP contribution is 2.32. The highest BCUT2D eigenvalue weighted by molar-refractivity contribution is 5.75. The van der Waals surface area contributed by atoms with Gasteiger partial charge in [0.15, 0.2) is 11.6 Å². The number of nitrogens with zero attached hydrogens (tertiary/aromatic N) is 5. The van der Waals surface area contributed by atoms with E-state index in [0.717, 1.165) is 56.3 Å². The Hall–Kier alpha value is -1.56. The first-order chi connectivity index (χ1) is 10.7. The minimum atomic E-state index is 0.516. The van der Waals surface area contributed by atoms with Gasteiger partial charge in [0.2, 0.25) is 0 Å². The SMILES string of the molecule is CN1CCC(N(C)c2ncnc(N3CCCCC3)c2N)CC1. The van der Waals surface area contributed by atoms with Crippen molar-refractivity contribution in [2.75, 3.05) is 55.8 Å². The maximum Gasteiger partial charge on any atom is 0.157 e. The zero-order valence-corrected chi connectivity index (χ0v) is 13.8. The van der Waals surface area contributed by atoms with Crippen LogP contribution in [-0.4, -0.2) is 61.2 Å². The Balaban J connectivity index is 1.78. The molecule has 0 amide bonds. The Kier molecular flexibility index (Phi) is 4.66. The number of hydrogen-bond donors (Lipinski definition) is 1. The molecule has 3 heterocycles. The largest absolute Gasteiger partial charge is 0.393 e. The third-order valence-corrected chi connectivity index (χ3v) is 5.07. The van der Waals surface area contributed by atoms with Crippen molar-refractivity contribution >= 4 is 17.3 Å². The molecule has 1 aromatic heterocycles. The lowest BCUT2D eigenvalue weighted by molar-refractivity contribution is 0.252. The molecule has 0 spiro atoms. The van der Waals surface area contributed by atoms with E-state index < -0.39 is 0 Å². The zero-order chi connectivity index (χ0) is 15.5. The summed E-state index contributed by atoms with van der Waals surface area (Å²) >= 11 is 0. The Morgan fingerprint density at radius 2 is 1.77 bits per heavy atom. The number of nitrogens with two attached hydrogens (primary N) is 1. The number of piperidine rings is 2. The van der Waals surface area contributed by atoms with Crippen LogP contribution in [0, 0.1) is 0 Å². The maximum absolute atomic E-state index is 6.43. The van der Waals surface area contributed by atoms with Gasteiger partial charge in [0.25, 0.3) is 0 Å². The van der Waals surface area contributed by atoms with Crippen molar-refractivity contribution in [3.8, 4) is 0 Å². The van der Waals surface area contributed by atoms with Gasteiger partial charge in [-0.1, -0.05) is 0 Å². The molecule has 0 atom stereocenters. The summed E-state index contributed by atoms with van der Waals surface area (Å²) in [6, 6.07) is 0.516. The molecule has 0 saturated carbocycles. The van der Waals surface area contributed by atoms with Crippen LogP contribution in [0.2, 0.25) is 0 Å². The van der Waals surface area contributed by atoms with Crippen LogP contribution in [0.25, 0.3) is 0 Å². The van der Waals surface area contributed by atoms with Crippen LogP contribution >= 0.6 is 0 Å². The summed E-state index contributed by atoms with van der Waals surface area (Å²) in [5, 5.41) is 0. The standard InChI is InChI=1S/C16H28N6/c1-20-10-6-13(7-11-20)21(2)15-14(17)16(19-12-18-15)22-8-4-3-5-9-22/h12-13H,3-11,17H2,1-2H3. The second kappa shape index (κ2) is 6.69. The number of likely N-dealkylation sites (tertiary alicyclic amines) is 1. The molecule has 3 rings (SSSR count). The lowest BCUT2D eigenvalue weighted by Gasteiger charge is -2.37. The van der Waals surface area contributed by atoms with E-state index in [0.29, 0.717) is 6.04 Å². The van der Waals surface area contributed by atoms with Gasteiger partial charge in [-0.2, -0.15) is 0 Å². The number of rotatable bonds is 3. The van der Waals surface area contributed by atoms with Crippen molar-refractivity contribution in [3.63, 3.8) is 0 Å². The Morgan fingerprint density at radius 1 is 1.09 bits per heavy atom. The smallest absolute Gasteiger partial charge is 0.157 e. The number of hydrogen-bond acceptors (Lipinski definition) is 6. The lowest BCUT2D eigenvalue weighted by Crippen LogP contribution is -2.42. The third-order valence-electron chi connectivity index (χ3n) is 5.07. The van der Waals surface area contributed by atoms with E-state index in [1.807, 2.05) is 0 Å². The molecule has 1 aromatic rings. The predicted octanol–water partition coefficient (Wildman–Crippen LogP) is 1.58. The molecule has 2 saturated heterocycles. The summed E-state index contributed by atoms with van der Waals surface area (Å²) in [6.45, 7) is 4.38. The molecule has 0 unspecified atom stereocenters. The Bertz CT molecular complexity index is 491. The molecule has 2 aliphatic rings. The van der Waals surface area contributed by atoms with E-state index in [2.05, 4.69) is 38.8 Å². The van der Waals surface area contributed by atoms with E-state index in [-0.39, 0.29) is 0 Å². The molecule has 6 nitrogen and oxygen atoms in total. The fourth-order valence-electron chi connectivity index (χ4n) is 3.57. The first kappa shape index (κ1) is 15.3. The Labute approximate surface area is 133 Å². The van der Waals surface area contributed by atoms with Crippen LogP contribution in [0.15, 0.2) is 6.33 Å². The van der Waals surface area contributed by atoms with Gasteiger partial charge in [0.05, 0.1) is 0 Å². The monoisotopic (exact) mass is 304 g/mol. The van der Waals surface area contributed by atoms with Gasteiger partial charge in [0.1, 0.15) is 12.0 Å². The topological polar surface area (TPSA) is 61.5 Å². The first-order valence-electron chi connectivity index (χ1n) is 8.43. The minimum Gasteiger partial charge on any atom is -0.393 e. The van der Waals surface area contributed by atoms with Crippen LogP contribution < -0.4 is 15.5 Å². The second-order valence-electron chi connectivity index (χ2n) is 6.63. The van der Waals surface area contributed by atoms with Crippen molar-refractivity contribution in [2.45, 2.75) is 38.1 Å². The fourth-order valence-corrected chi connectivity index (χ4v) is 3.57. The maximum atomic E-state index is 6.43. The van der Waals surface area contributed by atoms with E-state index in [9.17, 15) is 0 Å². The molecule has 6 heteroatoms. The molecular weight excluding hydrogens is 276 g/mol. The molecule has 22 heavy (non-hydrogen) atoms. The van der Waals surface area contributed by atoms with E-state index >= 15 is 0 Å². The molecule has 2 aliphatic heterocycles. The van der Waals surface area contributed by atoms with E-state index in [4.69, 9.17) is 5.73 Å².